The van der Waals surface area contributed by atoms with Crippen LogP contribution in [0.5, 0.6) is 11.5 Å². The van der Waals surface area contributed by atoms with Crippen molar-refractivity contribution in [2.75, 3.05) is 26.2 Å². The molecule has 0 spiro atoms. The molecule has 0 radical (unpaired) electrons. The number of carbonyl (C=O) groups excluding carboxylic acids is 1. The first-order valence-corrected chi connectivity index (χ1v) is 9.15. The number of amides is 1. The van der Waals surface area contributed by atoms with Crippen molar-refractivity contribution in [3.63, 3.8) is 0 Å². The Morgan fingerprint density at radius 1 is 1.07 bits per heavy atom. The van der Waals surface area contributed by atoms with Crippen molar-refractivity contribution in [2.24, 2.45) is 5.73 Å². The lowest BCUT2D eigenvalue weighted by atomic mass is 10.2. The highest BCUT2D eigenvalue weighted by molar-refractivity contribution is 7.21. The Morgan fingerprint density at radius 2 is 1.82 bits per heavy atom. The summed E-state index contributed by atoms with van der Waals surface area (Å²) in [7, 11) is 5.09. The van der Waals surface area contributed by atoms with E-state index < -0.39 is 5.91 Å². The molecule has 0 bridgehead atoms. The zero-order chi connectivity index (χ0) is 19.8. The highest BCUT2D eigenvalue weighted by atomic mass is 32.1. The smallest absolute Gasteiger partial charge is 0.277 e. The average Bonchev–Trinajstić information content (AvgIpc) is 3.17. The van der Waals surface area contributed by atoms with Gasteiger partial charge in [-0.25, -0.2) is 15.0 Å². The monoisotopic (exact) mass is 395 g/mol. The highest BCUT2D eigenvalue weighted by Gasteiger charge is 2.18. The molecule has 0 aliphatic carbocycles. The molecular formula is C19H17N5O3S. The van der Waals surface area contributed by atoms with Crippen molar-refractivity contribution in [3.8, 4) is 11.5 Å². The van der Waals surface area contributed by atoms with E-state index in [4.69, 9.17) is 15.2 Å². The summed E-state index contributed by atoms with van der Waals surface area (Å²) in [6, 6.07) is 9.30. The number of hydrogen-bond donors (Lipinski definition) is 1. The number of thiazole rings is 1. The topological polar surface area (TPSA) is 103 Å². The fourth-order valence-corrected chi connectivity index (χ4v) is 3.99. The Labute approximate surface area is 164 Å². The lowest BCUT2D eigenvalue weighted by molar-refractivity contribution is 0.1000. The Balaban J connectivity index is 1.93. The minimum Gasteiger partial charge on any atom is -0.493 e. The molecule has 2 aromatic heterocycles. The molecule has 0 unspecified atom stereocenters. The van der Waals surface area contributed by atoms with Gasteiger partial charge in [0.2, 0.25) is 0 Å². The summed E-state index contributed by atoms with van der Waals surface area (Å²) in [6.07, 6.45) is 1.51. The maximum Gasteiger partial charge on any atom is 0.277 e. The summed E-state index contributed by atoms with van der Waals surface area (Å²) >= 11 is 1.24. The van der Waals surface area contributed by atoms with Gasteiger partial charge in [-0.3, -0.25) is 4.79 Å². The molecule has 4 aromatic rings. The largest absolute Gasteiger partial charge is 0.493 e. The van der Waals surface area contributed by atoms with Crippen LogP contribution in [0.2, 0.25) is 0 Å². The van der Waals surface area contributed by atoms with Gasteiger partial charge < -0.3 is 20.1 Å². The number of methoxy groups -OCH3 is 2. The van der Waals surface area contributed by atoms with Crippen molar-refractivity contribution >= 4 is 49.9 Å². The van der Waals surface area contributed by atoms with Crippen molar-refractivity contribution in [1.29, 1.82) is 0 Å². The van der Waals surface area contributed by atoms with E-state index in [1.165, 1.54) is 17.7 Å². The second-order valence-corrected chi connectivity index (χ2v) is 6.99. The SMILES string of the molecule is COc1ccc(N(C)c2ncnc3ccc4nc(C(N)=O)sc4c23)cc1OC. The fourth-order valence-electron chi connectivity index (χ4n) is 3.03. The first kappa shape index (κ1) is 17.9. The van der Waals surface area contributed by atoms with Crippen LogP contribution in [0.25, 0.3) is 21.1 Å². The third-order valence-electron chi connectivity index (χ3n) is 4.42. The van der Waals surface area contributed by atoms with Gasteiger partial charge in [-0.15, -0.1) is 11.3 Å². The van der Waals surface area contributed by atoms with Crippen LogP contribution in [-0.2, 0) is 0 Å². The van der Waals surface area contributed by atoms with Crippen LogP contribution in [0.4, 0.5) is 11.5 Å². The third-order valence-corrected chi connectivity index (χ3v) is 5.52. The Hall–Kier alpha value is -3.46. The van der Waals surface area contributed by atoms with Crippen LogP contribution in [0.1, 0.15) is 9.80 Å². The molecule has 8 nitrogen and oxygen atoms in total. The highest BCUT2D eigenvalue weighted by Crippen LogP contribution is 2.38. The number of nitrogens with two attached hydrogens (primary N) is 1. The molecule has 0 aliphatic heterocycles. The van der Waals surface area contributed by atoms with Crippen molar-refractivity contribution in [2.45, 2.75) is 0 Å². The minimum absolute atomic E-state index is 0.256. The van der Waals surface area contributed by atoms with Gasteiger partial charge in [0.25, 0.3) is 5.91 Å². The fraction of sp³-hybridized carbons (Fsp3) is 0.158. The standard InChI is InChI=1S/C19H17N5O3S/c1-24(10-4-7-13(26-2)14(8-10)27-3)18-15-11(21-9-22-18)5-6-12-16(15)28-19(23-12)17(20)25/h4-9H,1-3H3,(H2,20,25). The molecule has 1 amide bonds. The number of aromatic nitrogens is 3. The van der Waals surface area contributed by atoms with E-state index >= 15 is 0 Å². The van der Waals surface area contributed by atoms with Gasteiger partial charge >= 0.3 is 0 Å². The molecule has 4 rings (SSSR count). The molecule has 2 N–H and O–H groups in total. The summed E-state index contributed by atoms with van der Waals surface area (Å²) in [4.78, 5) is 26.7. The summed E-state index contributed by atoms with van der Waals surface area (Å²) in [6.45, 7) is 0. The lowest BCUT2D eigenvalue weighted by Gasteiger charge is -2.21. The maximum absolute atomic E-state index is 11.6. The molecule has 142 valence electrons. The number of rotatable bonds is 5. The summed E-state index contributed by atoms with van der Waals surface area (Å²) < 4.78 is 11.5. The first-order chi connectivity index (χ1) is 13.5. The second-order valence-electron chi connectivity index (χ2n) is 5.99. The zero-order valence-electron chi connectivity index (χ0n) is 15.5. The number of carbonyl (C=O) groups is 1. The quantitative estimate of drug-likeness (QED) is 0.554. The van der Waals surface area contributed by atoms with Crippen molar-refractivity contribution in [1.82, 2.24) is 15.0 Å². The van der Waals surface area contributed by atoms with E-state index in [1.54, 1.807) is 14.2 Å². The summed E-state index contributed by atoms with van der Waals surface area (Å²) in [5.41, 5.74) is 7.70. The normalized spacial score (nSPS) is 11.0. The molecule has 2 heterocycles. The van der Waals surface area contributed by atoms with Gasteiger partial charge in [-0.05, 0) is 24.3 Å². The van der Waals surface area contributed by atoms with Gasteiger partial charge in [0.1, 0.15) is 12.1 Å². The summed E-state index contributed by atoms with van der Waals surface area (Å²) in [5, 5.41) is 1.06. The van der Waals surface area contributed by atoms with Crippen LogP contribution in [0, 0.1) is 0 Å². The van der Waals surface area contributed by atoms with E-state index in [0.717, 1.165) is 21.3 Å². The number of nitrogens with zero attached hydrogens (tertiary/aromatic N) is 4. The van der Waals surface area contributed by atoms with Gasteiger partial charge in [-0.1, -0.05) is 0 Å². The predicted molar refractivity (Wildman–Crippen MR) is 109 cm³/mol. The van der Waals surface area contributed by atoms with Crippen LogP contribution in [-0.4, -0.2) is 42.1 Å². The van der Waals surface area contributed by atoms with E-state index in [9.17, 15) is 4.79 Å². The number of benzene rings is 2. The molecule has 28 heavy (non-hydrogen) atoms. The molecule has 0 aliphatic rings. The Morgan fingerprint density at radius 3 is 2.54 bits per heavy atom. The molecule has 0 saturated carbocycles. The molecule has 0 fully saturated rings. The van der Waals surface area contributed by atoms with E-state index in [-0.39, 0.29) is 5.01 Å². The molecule has 0 atom stereocenters. The van der Waals surface area contributed by atoms with E-state index in [0.29, 0.717) is 22.8 Å². The molecule has 2 aromatic carbocycles. The van der Waals surface area contributed by atoms with Gasteiger partial charge in [0.05, 0.1) is 35.3 Å². The van der Waals surface area contributed by atoms with Crippen LogP contribution in [0.15, 0.2) is 36.7 Å². The van der Waals surface area contributed by atoms with Crippen molar-refractivity contribution < 1.29 is 14.3 Å². The van der Waals surface area contributed by atoms with E-state index in [2.05, 4.69) is 15.0 Å². The lowest BCUT2D eigenvalue weighted by Crippen LogP contribution is -2.12. The maximum atomic E-state index is 11.6. The number of primary amides is 1. The number of anilines is 2. The first-order valence-electron chi connectivity index (χ1n) is 8.33. The van der Waals surface area contributed by atoms with Crippen molar-refractivity contribution in [3.05, 3.63) is 41.7 Å². The molecular weight excluding hydrogens is 378 g/mol. The van der Waals surface area contributed by atoms with Crippen LogP contribution >= 0.6 is 11.3 Å². The van der Waals surface area contributed by atoms with Gasteiger partial charge in [0.15, 0.2) is 16.5 Å². The van der Waals surface area contributed by atoms with Gasteiger partial charge in [-0.2, -0.15) is 0 Å². The average molecular weight is 395 g/mol. The number of ether oxygens (including phenoxy) is 2. The minimum atomic E-state index is -0.555. The number of hydrogen-bond acceptors (Lipinski definition) is 8. The van der Waals surface area contributed by atoms with Crippen LogP contribution in [0.3, 0.4) is 0 Å². The predicted octanol–water partition coefficient (Wildman–Crippen LogP) is 3.12. The number of fused-ring (bicyclic) bond motifs is 3. The Bertz CT molecular complexity index is 1210. The van der Waals surface area contributed by atoms with E-state index in [1.807, 2.05) is 42.3 Å². The summed E-state index contributed by atoms with van der Waals surface area (Å²) in [5.74, 6) is 1.38. The van der Waals surface area contributed by atoms with Gasteiger partial charge in [0, 0.05) is 18.8 Å². The van der Waals surface area contributed by atoms with Crippen LogP contribution < -0.4 is 20.1 Å². The molecule has 9 heteroatoms. The third kappa shape index (κ3) is 2.85. The Kier molecular flexibility index (Phi) is 4.44. The second kappa shape index (κ2) is 6.93. The molecule has 0 saturated heterocycles. The zero-order valence-corrected chi connectivity index (χ0v) is 16.3.